The van der Waals surface area contributed by atoms with Crippen molar-refractivity contribution in [2.75, 3.05) is 12.3 Å². The van der Waals surface area contributed by atoms with Gasteiger partial charge in [-0.3, -0.25) is 0 Å². The first kappa shape index (κ1) is 15.2. The lowest BCUT2D eigenvalue weighted by Gasteiger charge is -2.10. The first-order valence-corrected chi connectivity index (χ1v) is 8.01. The number of benzene rings is 1. The van der Waals surface area contributed by atoms with Gasteiger partial charge >= 0.3 is 0 Å². The van der Waals surface area contributed by atoms with E-state index in [1.165, 1.54) is 0 Å². The van der Waals surface area contributed by atoms with E-state index in [0.717, 1.165) is 17.7 Å². The highest BCUT2D eigenvalue weighted by molar-refractivity contribution is 7.91. The highest BCUT2D eigenvalue weighted by atomic mass is 32.2. The van der Waals surface area contributed by atoms with Gasteiger partial charge in [0.2, 0.25) is 0 Å². The van der Waals surface area contributed by atoms with Crippen molar-refractivity contribution in [1.29, 1.82) is 0 Å². The molecular formula is C14H23NO2S. The van der Waals surface area contributed by atoms with Crippen LogP contribution in [0.25, 0.3) is 0 Å². The van der Waals surface area contributed by atoms with Crippen LogP contribution in [0, 0.1) is 13.8 Å². The predicted octanol–water partition coefficient (Wildman–Crippen LogP) is 2.47. The van der Waals surface area contributed by atoms with Crippen LogP contribution in [0.4, 0.5) is 0 Å². The molecule has 0 aromatic heterocycles. The molecule has 0 unspecified atom stereocenters. The molecule has 0 spiro atoms. The van der Waals surface area contributed by atoms with E-state index in [1.807, 2.05) is 26.0 Å². The molecule has 0 amide bonds. The minimum atomic E-state index is -3.15. The first-order chi connectivity index (χ1) is 8.33. The van der Waals surface area contributed by atoms with Crippen molar-refractivity contribution < 1.29 is 8.42 Å². The minimum absolute atomic E-state index is 0.205. The van der Waals surface area contributed by atoms with E-state index in [0.29, 0.717) is 17.4 Å². The van der Waals surface area contributed by atoms with E-state index in [1.54, 1.807) is 6.07 Å². The maximum absolute atomic E-state index is 12.2. The van der Waals surface area contributed by atoms with Crippen molar-refractivity contribution in [3.63, 3.8) is 0 Å². The van der Waals surface area contributed by atoms with Gasteiger partial charge in [0.15, 0.2) is 9.84 Å². The molecule has 3 nitrogen and oxygen atoms in total. The molecule has 1 aromatic carbocycles. The van der Waals surface area contributed by atoms with Crippen LogP contribution >= 0.6 is 0 Å². The van der Waals surface area contributed by atoms with Crippen LogP contribution < -0.4 is 5.32 Å². The molecule has 0 saturated carbocycles. The van der Waals surface area contributed by atoms with Crippen molar-refractivity contribution in [2.45, 2.75) is 45.1 Å². The van der Waals surface area contributed by atoms with Crippen molar-refractivity contribution in [3.8, 4) is 0 Å². The molecular weight excluding hydrogens is 246 g/mol. The lowest BCUT2D eigenvalue weighted by molar-refractivity contribution is 0.568. The molecule has 4 heteroatoms. The van der Waals surface area contributed by atoms with Crippen LogP contribution in [-0.4, -0.2) is 26.8 Å². The maximum atomic E-state index is 12.2. The average Bonchev–Trinajstić information content (AvgIpc) is 2.27. The second-order valence-corrected chi connectivity index (χ2v) is 7.13. The topological polar surface area (TPSA) is 46.2 Å². The van der Waals surface area contributed by atoms with Gasteiger partial charge in [0, 0.05) is 6.04 Å². The summed E-state index contributed by atoms with van der Waals surface area (Å²) < 4.78 is 24.4. The van der Waals surface area contributed by atoms with Gasteiger partial charge in [-0.15, -0.1) is 0 Å². The number of hydrogen-bond acceptors (Lipinski definition) is 3. The molecule has 0 aliphatic carbocycles. The summed E-state index contributed by atoms with van der Waals surface area (Å²) in [6.45, 7) is 8.61. The lowest BCUT2D eigenvalue weighted by Crippen LogP contribution is -2.25. The molecule has 0 heterocycles. The van der Waals surface area contributed by atoms with Crippen molar-refractivity contribution >= 4 is 9.84 Å². The van der Waals surface area contributed by atoms with E-state index < -0.39 is 9.84 Å². The zero-order valence-electron chi connectivity index (χ0n) is 11.7. The number of rotatable bonds is 6. The second-order valence-electron chi connectivity index (χ2n) is 5.05. The van der Waals surface area contributed by atoms with E-state index in [9.17, 15) is 8.42 Å². The minimum Gasteiger partial charge on any atom is -0.314 e. The van der Waals surface area contributed by atoms with Gasteiger partial charge in [-0.05, 0) is 44.0 Å². The smallest absolute Gasteiger partial charge is 0.178 e. The Morgan fingerprint density at radius 1 is 1.22 bits per heavy atom. The Bertz CT molecular complexity index is 493. The second kappa shape index (κ2) is 6.34. The molecule has 18 heavy (non-hydrogen) atoms. The van der Waals surface area contributed by atoms with Crippen LogP contribution in [0.2, 0.25) is 0 Å². The Kier molecular flexibility index (Phi) is 5.35. The van der Waals surface area contributed by atoms with Crippen LogP contribution in [0.5, 0.6) is 0 Å². The summed E-state index contributed by atoms with van der Waals surface area (Å²) in [4.78, 5) is 0.479. The quantitative estimate of drug-likeness (QED) is 0.807. The summed E-state index contributed by atoms with van der Waals surface area (Å²) >= 11 is 0. The monoisotopic (exact) mass is 269 g/mol. The fourth-order valence-electron chi connectivity index (χ4n) is 1.81. The molecule has 0 fully saturated rings. The highest BCUT2D eigenvalue weighted by Gasteiger charge is 2.16. The van der Waals surface area contributed by atoms with Crippen molar-refractivity contribution in [1.82, 2.24) is 5.32 Å². The summed E-state index contributed by atoms with van der Waals surface area (Å²) in [7, 11) is -3.15. The Morgan fingerprint density at radius 3 is 2.50 bits per heavy atom. The summed E-state index contributed by atoms with van der Waals surface area (Å²) in [5.74, 6) is 0.205. The third-order valence-corrected chi connectivity index (χ3v) is 4.76. The largest absolute Gasteiger partial charge is 0.314 e. The number of hydrogen-bond donors (Lipinski definition) is 1. The third kappa shape index (κ3) is 4.42. The Morgan fingerprint density at radius 2 is 1.89 bits per heavy atom. The summed E-state index contributed by atoms with van der Waals surface area (Å²) in [5, 5.41) is 3.23. The van der Waals surface area contributed by atoms with Gasteiger partial charge < -0.3 is 5.32 Å². The fraction of sp³-hybridized carbons (Fsp3) is 0.571. The number of nitrogens with one attached hydrogen (secondary N) is 1. The van der Waals surface area contributed by atoms with Gasteiger partial charge in [0.25, 0.3) is 0 Å². The molecule has 0 saturated heterocycles. The molecule has 0 radical (unpaired) electrons. The third-order valence-electron chi connectivity index (χ3n) is 2.82. The van der Waals surface area contributed by atoms with E-state index in [4.69, 9.17) is 0 Å². The zero-order chi connectivity index (χ0) is 13.8. The Balaban J connectivity index is 2.71. The Hall–Kier alpha value is -0.870. The number of aryl methyl sites for hydroxylation is 2. The van der Waals surface area contributed by atoms with E-state index >= 15 is 0 Å². The van der Waals surface area contributed by atoms with Crippen molar-refractivity contribution in [3.05, 3.63) is 29.3 Å². The molecule has 1 rings (SSSR count). The first-order valence-electron chi connectivity index (χ1n) is 6.36. The molecule has 1 aromatic rings. The molecule has 102 valence electrons. The normalized spacial score (nSPS) is 12.1. The van der Waals surface area contributed by atoms with Gasteiger partial charge in [-0.1, -0.05) is 26.0 Å². The van der Waals surface area contributed by atoms with E-state index in [2.05, 4.69) is 19.2 Å². The summed E-state index contributed by atoms with van der Waals surface area (Å²) in [6, 6.07) is 5.97. The Labute approximate surface area is 111 Å². The van der Waals surface area contributed by atoms with Gasteiger partial charge in [-0.2, -0.15) is 0 Å². The van der Waals surface area contributed by atoms with E-state index in [-0.39, 0.29) is 5.75 Å². The van der Waals surface area contributed by atoms with Crippen molar-refractivity contribution in [2.24, 2.45) is 0 Å². The average molecular weight is 269 g/mol. The molecule has 1 N–H and O–H groups in total. The standard InChI is InChI=1S/C14H23NO2S/c1-11(2)15-8-5-9-18(16,17)14-10-12(3)6-7-13(14)4/h6-7,10-11,15H,5,8-9H2,1-4H3. The molecule has 0 bridgehead atoms. The number of sulfone groups is 1. The summed E-state index contributed by atoms with van der Waals surface area (Å²) in [5.41, 5.74) is 1.82. The van der Waals surface area contributed by atoms with Crippen LogP contribution in [0.3, 0.4) is 0 Å². The van der Waals surface area contributed by atoms with Crippen LogP contribution in [0.1, 0.15) is 31.4 Å². The molecule has 0 aliphatic heterocycles. The van der Waals surface area contributed by atoms with Gasteiger partial charge in [0.05, 0.1) is 10.6 Å². The molecule has 0 aliphatic rings. The highest BCUT2D eigenvalue weighted by Crippen LogP contribution is 2.18. The summed E-state index contributed by atoms with van der Waals surface area (Å²) in [6.07, 6.45) is 0.647. The SMILES string of the molecule is Cc1ccc(C)c(S(=O)(=O)CCCNC(C)C)c1. The van der Waals surface area contributed by atoms with Crippen LogP contribution in [-0.2, 0) is 9.84 Å². The van der Waals surface area contributed by atoms with Gasteiger partial charge in [-0.25, -0.2) is 8.42 Å². The lowest BCUT2D eigenvalue weighted by atomic mass is 10.2. The molecule has 0 atom stereocenters. The maximum Gasteiger partial charge on any atom is 0.178 e. The predicted molar refractivity (Wildman–Crippen MR) is 75.7 cm³/mol. The van der Waals surface area contributed by atoms with Crippen LogP contribution in [0.15, 0.2) is 23.1 Å². The van der Waals surface area contributed by atoms with Gasteiger partial charge in [0.1, 0.15) is 0 Å². The fourth-order valence-corrected chi connectivity index (χ4v) is 3.47. The zero-order valence-corrected chi connectivity index (χ0v) is 12.5.